The van der Waals surface area contributed by atoms with E-state index in [0.29, 0.717) is 48.1 Å². The zero-order chi connectivity index (χ0) is 19.9. The van der Waals surface area contributed by atoms with E-state index in [4.69, 9.17) is 18.9 Å². The predicted octanol–water partition coefficient (Wildman–Crippen LogP) is 4.88. The number of methoxy groups -OCH3 is 4. The Bertz CT molecular complexity index is 378. The minimum atomic E-state index is 0.365. The van der Waals surface area contributed by atoms with Gasteiger partial charge in [0.2, 0.25) is 0 Å². The Kier molecular flexibility index (Phi) is 10.5. The normalized spacial score (nSPS) is 43.3. The van der Waals surface area contributed by atoms with E-state index in [1.807, 2.05) is 71.6 Å². The van der Waals surface area contributed by atoms with E-state index in [1.54, 1.807) is 0 Å². The Labute approximate surface area is 186 Å². The highest BCUT2D eigenvalue weighted by molar-refractivity contribution is 8.77. The van der Waals surface area contributed by atoms with Crippen LogP contribution in [0.4, 0.5) is 0 Å². The first-order valence-corrected chi connectivity index (χ1v) is 15.3. The molecule has 4 bridgehead atoms. The van der Waals surface area contributed by atoms with Gasteiger partial charge in [0.25, 0.3) is 0 Å². The number of hydrogen-bond donors (Lipinski definition) is 0. The molecule has 28 heavy (non-hydrogen) atoms. The van der Waals surface area contributed by atoms with E-state index >= 15 is 0 Å². The summed E-state index contributed by atoms with van der Waals surface area (Å²) in [6, 6.07) is 0. The van der Waals surface area contributed by atoms with E-state index < -0.39 is 0 Å². The van der Waals surface area contributed by atoms with Crippen LogP contribution in [-0.4, -0.2) is 75.9 Å². The third-order valence-electron chi connectivity index (χ3n) is 6.75. The first-order chi connectivity index (χ1) is 13.7. The number of hydrogen-bond acceptors (Lipinski definition) is 8. The molecule has 2 unspecified atom stereocenters. The molecule has 6 aliphatic rings. The van der Waals surface area contributed by atoms with Crippen LogP contribution >= 0.6 is 43.2 Å². The molecule has 0 aromatic heterocycles. The highest BCUT2D eigenvalue weighted by atomic mass is 33.1. The molecule has 2 aliphatic carbocycles. The lowest BCUT2D eigenvalue weighted by Crippen LogP contribution is -2.43. The molecule has 4 aliphatic heterocycles. The molecule has 0 amide bonds. The average molecular weight is 469 g/mol. The van der Waals surface area contributed by atoms with Crippen LogP contribution in [0.25, 0.3) is 0 Å². The molecular formula is C20H36O4S4. The van der Waals surface area contributed by atoms with E-state index in [2.05, 4.69) is 0 Å². The van der Waals surface area contributed by atoms with Crippen LogP contribution in [0.5, 0.6) is 0 Å². The van der Waals surface area contributed by atoms with Crippen LogP contribution in [-0.2, 0) is 18.9 Å². The summed E-state index contributed by atoms with van der Waals surface area (Å²) in [5, 5.41) is 0. The third kappa shape index (κ3) is 6.15. The summed E-state index contributed by atoms with van der Waals surface area (Å²) in [7, 11) is 15.6. The van der Waals surface area contributed by atoms with Crippen LogP contribution in [0.3, 0.4) is 0 Å². The summed E-state index contributed by atoms with van der Waals surface area (Å²) in [6.07, 6.45) is 5.95. The maximum atomic E-state index is 5.90. The van der Waals surface area contributed by atoms with E-state index in [-0.39, 0.29) is 0 Å². The zero-order valence-electron chi connectivity index (χ0n) is 17.5. The zero-order valence-corrected chi connectivity index (χ0v) is 20.8. The highest BCUT2D eigenvalue weighted by Crippen LogP contribution is 2.44. The first kappa shape index (κ1) is 23.9. The van der Waals surface area contributed by atoms with E-state index in [0.717, 1.165) is 48.7 Å². The molecule has 0 spiro atoms. The summed E-state index contributed by atoms with van der Waals surface area (Å²) in [5.41, 5.74) is 0. The highest BCUT2D eigenvalue weighted by Gasteiger charge is 2.40. The SMILES string of the molecule is COC1C[C@H]2CSSC[C@@H]3CC(OC)[C@H](CSSC[C@@H]1C[C@@H]2OC)C[C@@H]3OC. The molecule has 0 N–H and O–H groups in total. The van der Waals surface area contributed by atoms with Gasteiger partial charge in [-0.1, -0.05) is 43.2 Å². The van der Waals surface area contributed by atoms with Crippen molar-refractivity contribution in [2.24, 2.45) is 23.7 Å². The van der Waals surface area contributed by atoms with Gasteiger partial charge in [-0.25, -0.2) is 0 Å². The monoisotopic (exact) mass is 468 g/mol. The lowest BCUT2D eigenvalue weighted by molar-refractivity contribution is -0.0552. The van der Waals surface area contributed by atoms with Crippen molar-refractivity contribution in [1.82, 2.24) is 0 Å². The second kappa shape index (κ2) is 12.3. The summed E-state index contributed by atoms with van der Waals surface area (Å²) < 4.78 is 23.6. The molecule has 0 radical (unpaired) electrons. The van der Waals surface area contributed by atoms with Crippen LogP contribution in [0.2, 0.25) is 0 Å². The molecule has 6 fully saturated rings. The topological polar surface area (TPSA) is 36.9 Å². The number of rotatable bonds is 4. The molecule has 4 heterocycles. The quantitative estimate of drug-likeness (QED) is 0.541. The van der Waals surface area contributed by atoms with Gasteiger partial charge in [0.05, 0.1) is 24.4 Å². The molecule has 164 valence electrons. The molecular weight excluding hydrogens is 432 g/mol. The lowest BCUT2D eigenvalue weighted by Gasteiger charge is -2.41. The fourth-order valence-electron chi connectivity index (χ4n) is 4.97. The van der Waals surface area contributed by atoms with Gasteiger partial charge in [0.1, 0.15) is 0 Å². The molecule has 2 saturated carbocycles. The Morgan fingerprint density at radius 1 is 0.429 bits per heavy atom. The van der Waals surface area contributed by atoms with Crippen molar-refractivity contribution < 1.29 is 18.9 Å². The van der Waals surface area contributed by atoms with Crippen LogP contribution in [0.15, 0.2) is 0 Å². The fourth-order valence-corrected chi connectivity index (χ4v) is 10.7. The van der Waals surface area contributed by atoms with Gasteiger partial charge in [0, 0.05) is 51.5 Å². The van der Waals surface area contributed by atoms with Gasteiger partial charge in [-0.15, -0.1) is 0 Å². The molecule has 6 rings (SSSR count). The van der Waals surface area contributed by atoms with Gasteiger partial charge in [-0.3, -0.25) is 0 Å². The third-order valence-corrected chi connectivity index (χ3v) is 12.0. The van der Waals surface area contributed by atoms with Crippen molar-refractivity contribution in [2.45, 2.75) is 50.1 Å². The van der Waals surface area contributed by atoms with Gasteiger partial charge in [-0.05, 0) is 49.4 Å². The Hall–Kier alpha value is 1.24. The van der Waals surface area contributed by atoms with Crippen LogP contribution in [0.1, 0.15) is 25.7 Å². The lowest BCUT2D eigenvalue weighted by atomic mass is 9.79. The largest absolute Gasteiger partial charge is 0.381 e. The Balaban J connectivity index is 1.69. The van der Waals surface area contributed by atoms with Gasteiger partial charge in [-0.2, -0.15) is 0 Å². The Morgan fingerprint density at radius 2 is 0.643 bits per heavy atom. The standard InChI is InChI=1S/C20H36O4S4/c1-21-17-5-14-10-26-28-12-16-8-19(23-3)15(7-20(16)24-4)11-27-25-9-13(17)6-18(14)22-2/h13-20H,5-12H2,1-4H3/t13-,14-,15-,16-,17-,18?,19-,20?/m0/s1. The molecule has 8 atom stereocenters. The minimum Gasteiger partial charge on any atom is -0.381 e. The maximum absolute atomic E-state index is 5.90. The molecule has 4 saturated heterocycles. The molecule has 0 aromatic carbocycles. The second-order valence-corrected chi connectivity index (χ2v) is 13.3. The van der Waals surface area contributed by atoms with E-state index in [1.165, 1.54) is 0 Å². The van der Waals surface area contributed by atoms with E-state index in [9.17, 15) is 0 Å². The summed E-state index contributed by atoms with van der Waals surface area (Å²) >= 11 is 0. The molecule has 0 aromatic rings. The fraction of sp³-hybridized carbons (Fsp3) is 1.00. The minimum absolute atomic E-state index is 0.365. The van der Waals surface area contributed by atoms with Gasteiger partial charge < -0.3 is 18.9 Å². The van der Waals surface area contributed by atoms with Crippen molar-refractivity contribution in [3.8, 4) is 0 Å². The van der Waals surface area contributed by atoms with Crippen LogP contribution < -0.4 is 0 Å². The summed E-state index contributed by atoms with van der Waals surface area (Å²) in [5.74, 6) is 6.86. The van der Waals surface area contributed by atoms with Gasteiger partial charge in [0.15, 0.2) is 0 Å². The van der Waals surface area contributed by atoms with Crippen LogP contribution in [0, 0.1) is 23.7 Å². The Morgan fingerprint density at radius 3 is 0.821 bits per heavy atom. The number of ether oxygens (including phenoxy) is 4. The average Bonchev–Trinajstić information content (AvgIpc) is 2.73. The van der Waals surface area contributed by atoms with Crippen molar-refractivity contribution in [3.05, 3.63) is 0 Å². The first-order valence-electron chi connectivity index (χ1n) is 10.3. The summed E-state index contributed by atoms with van der Waals surface area (Å²) in [4.78, 5) is 0. The summed E-state index contributed by atoms with van der Waals surface area (Å²) in [6.45, 7) is 0. The van der Waals surface area contributed by atoms with Gasteiger partial charge >= 0.3 is 0 Å². The van der Waals surface area contributed by atoms with Crippen molar-refractivity contribution in [3.63, 3.8) is 0 Å². The van der Waals surface area contributed by atoms with Crippen molar-refractivity contribution in [1.29, 1.82) is 0 Å². The smallest absolute Gasteiger partial charge is 0.0612 e. The molecule has 8 heteroatoms. The van der Waals surface area contributed by atoms with Crippen molar-refractivity contribution in [2.75, 3.05) is 51.5 Å². The molecule has 4 nitrogen and oxygen atoms in total. The van der Waals surface area contributed by atoms with Crippen molar-refractivity contribution >= 4 is 43.2 Å². The second-order valence-electron chi connectivity index (χ2n) is 8.22. The predicted molar refractivity (Wildman–Crippen MR) is 125 cm³/mol. The maximum Gasteiger partial charge on any atom is 0.0612 e.